The molecular formula is C14H25NO3S. The second kappa shape index (κ2) is 5.81. The number of hydrogen-bond donors (Lipinski definition) is 0. The molecule has 0 spiro atoms. The van der Waals surface area contributed by atoms with Gasteiger partial charge in [-0.3, -0.25) is 4.79 Å². The van der Waals surface area contributed by atoms with Crippen LogP contribution in [0.1, 0.15) is 51.9 Å². The predicted molar refractivity (Wildman–Crippen MR) is 75.6 cm³/mol. The summed E-state index contributed by atoms with van der Waals surface area (Å²) in [7, 11) is -3.03. The van der Waals surface area contributed by atoms with Gasteiger partial charge in [0.2, 0.25) is 5.91 Å². The molecule has 2 aliphatic rings. The van der Waals surface area contributed by atoms with E-state index in [2.05, 4.69) is 0 Å². The van der Waals surface area contributed by atoms with Gasteiger partial charge >= 0.3 is 0 Å². The third kappa shape index (κ3) is 4.48. The summed E-state index contributed by atoms with van der Waals surface area (Å²) in [6.45, 7) is 1.87. The fraction of sp³-hybridized carbons (Fsp3) is 0.929. The third-order valence-corrected chi connectivity index (χ3v) is 5.27. The van der Waals surface area contributed by atoms with Crippen molar-refractivity contribution in [3.05, 3.63) is 0 Å². The number of rotatable bonds is 6. The first-order valence-electron chi connectivity index (χ1n) is 7.35. The molecule has 0 bridgehead atoms. The molecule has 0 unspecified atom stereocenters. The molecule has 2 aliphatic carbocycles. The number of amides is 1. The summed E-state index contributed by atoms with van der Waals surface area (Å²) < 4.78 is 22.8. The summed E-state index contributed by atoms with van der Waals surface area (Å²) >= 11 is 0. The van der Waals surface area contributed by atoms with Crippen molar-refractivity contribution < 1.29 is 13.2 Å². The molecule has 1 atom stereocenters. The van der Waals surface area contributed by atoms with Gasteiger partial charge in [0.05, 0.1) is 5.75 Å². The minimum absolute atomic E-state index is 0.0832. The number of carbonyl (C=O) groups is 1. The molecule has 0 saturated heterocycles. The Morgan fingerprint density at radius 3 is 2.26 bits per heavy atom. The molecule has 0 N–H and O–H groups in total. The first-order chi connectivity index (χ1) is 8.87. The molecule has 5 heteroatoms. The molecule has 1 amide bonds. The number of carbonyl (C=O) groups excluding carboxylic acids is 1. The van der Waals surface area contributed by atoms with Gasteiger partial charge in [0, 0.05) is 24.8 Å². The number of sulfone groups is 1. The Morgan fingerprint density at radius 1 is 1.21 bits per heavy atom. The first-order valence-corrected chi connectivity index (χ1v) is 9.42. The quantitative estimate of drug-likeness (QED) is 0.750. The van der Waals surface area contributed by atoms with Crippen molar-refractivity contribution in [2.75, 3.05) is 12.0 Å². The van der Waals surface area contributed by atoms with E-state index >= 15 is 0 Å². The van der Waals surface area contributed by atoms with Crippen molar-refractivity contribution in [1.82, 2.24) is 4.90 Å². The highest BCUT2D eigenvalue weighted by molar-refractivity contribution is 7.90. The molecule has 0 aromatic heterocycles. The second-order valence-corrected chi connectivity index (χ2v) is 8.51. The Bertz CT molecular complexity index is 422. The van der Waals surface area contributed by atoms with Crippen molar-refractivity contribution in [2.45, 2.75) is 64.0 Å². The molecule has 4 nitrogen and oxygen atoms in total. The standard InChI is InChI=1S/C14H25NO3S/c1-11(10-19(2,17)18)15(13-7-8-13)14(16)9-12-5-3-4-6-12/h11-13H,3-10H2,1-2H3/t11-/m0/s1. The molecule has 0 radical (unpaired) electrons. The molecule has 0 heterocycles. The summed E-state index contributed by atoms with van der Waals surface area (Å²) in [5, 5.41) is 0. The Kier molecular flexibility index (Phi) is 4.54. The van der Waals surface area contributed by atoms with Crippen LogP contribution in [-0.2, 0) is 14.6 Å². The monoisotopic (exact) mass is 287 g/mol. The summed E-state index contributed by atoms with van der Waals surface area (Å²) in [4.78, 5) is 14.3. The van der Waals surface area contributed by atoms with Crippen LogP contribution in [0.25, 0.3) is 0 Å². The van der Waals surface area contributed by atoms with Gasteiger partial charge < -0.3 is 4.90 Å². The van der Waals surface area contributed by atoms with Crippen LogP contribution in [0.3, 0.4) is 0 Å². The van der Waals surface area contributed by atoms with Crippen LogP contribution >= 0.6 is 0 Å². The van der Waals surface area contributed by atoms with Crippen molar-refractivity contribution in [3.63, 3.8) is 0 Å². The molecule has 2 fully saturated rings. The van der Waals surface area contributed by atoms with Crippen LogP contribution in [0.2, 0.25) is 0 Å². The van der Waals surface area contributed by atoms with E-state index in [4.69, 9.17) is 0 Å². The van der Waals surface area contributed by atoms with Gasteiger partial charge in [-0.25, -0.2) is 8.42 Å². The third-order valence-electron chi connectivity index (χ3n) is 4.19. The summed E-state index contributed by atoms with van der Waals surface area (Å²) in [6.07, 6.45) is 8.71. The molecule has 2 saturated carbocycles. The molecule has 0 aromatic rings. The summed E-state index contributed by atoms with van der Waals surface area (Å²) in [5.41, 5.74) is 0. The maximum absolute atomic E-state index is 12.4. The average Bonchev–Trinajstić information content (AvgIpc) is 2.93. The SMILES string of the molecule is C[C@@H](CS(C)(=O)=O)N(C(=O)CC1CCCC1)C1CC1. The van der Waals surface area contributed by atoms with Crippen LogP contribution in [0.15, 0.2) is 0 Å². The van der Waals surface area contributed by atoms with Gasteiger partial charge in [-0.05, 0) is 38.5 Å². The fourth-order valence-corrected chi connectivity index (χ4v) is 4.28. The van der Waals surface area contributed by atoms with Crippen LogP contribution in [0, 0.1) is 5.92 Å². The van der Waals surface area contributed by atoms with Gasteiger partial charge in [-0.1, -0.05) is 12.8 Å². The fourth-order valence-electron chi connectivity index (χ4n) is 3.25. The van der Waals surface area contributed by atoms with Crippen molar-refractivity contribution in [1.29, 1.82) is 0 Å². The van der Waals surface area contributed by atoms with Crippen molar-refractivity contribution in [2.24, 2.45) is 5.92 Å². The van der Waals surface area contributed by atoms with Crippen LogP contribution < -0.4 is 0 Å². The highest BCUT2D eigenvalue weighted by atomic mass is 32.2. The smallest absolute Gasteiger partial charge is 0.223 e. The molecule has 2 rings (SSSR count). The lowest BCUT2D eigenvalue weighted by Gasteiger charge is -2.30. The van der Waals surface area contributed by atoms with Crippen LogP contribution in [-0.4, -0.2) is 43.3 Å². The van der Waals surface area contributed by atoms with Gasteiger partial charge in [0.25, 0.3) is 0 Å². The highest BCUT2D eigenvalue weighted by Crippen LogP contribution is 2.33. The second-order valence-electron chi connectivity index (χ2n) is 6.33. The molecule has 0 aliphatic heterocycles. The number of hydrogen-bond acceptors (Lipinski definition) is 3. The average molecular weight is 287 g/mol. The number of nitrogens with zero attached hydrogens (tertiary/aromatic N) is 1. The highest BCUT2D eigenvalue weighted by Gasteiger charge is 2.37. The molecule has 110 valence electrons. The van der Waals surface area contributed by atoms with Gasteiger partial charge in [-0.2, -0.15) is 0 Å². The molecular weight excluding hydrogens is 262 g/mol. The van der Waals surface area contributed by atoms with Gasteiger partial charge in [0.1, 0.15) is 9.84 Å². The van der Waals surface area contributed by atoms with E-state index in [0.717, 1.165) is 25.7 Å². The van der Waals surface area contributed by atoms with E-state index in [0.29, 0.717) is 18.4 Å². The Balaban J connectivity index is 1.96. The summed E-state index contributed by atoms with van der Waals surface area (Å²) in [6, 6.07) is 0.113. The van der Waals surface area contributed by atoms with Crippen molar-refractivity contribution >= 4 is 15.7 Å². The van der Waals surface area contributed by atoms with E-state index in [1.165, 1.54) is 19.1 Å². The normalized spacial score (nSPS) is 22.4. The minimum atomic E-state index is -3.03. The summed E-state index contributed by atoms with van der Waals surface area (Å²) in [5.74, 6) is 0.782. The van der Waals surface area contributed by atoms with Crippen LogP contribution in [0.4, 0.5) is 0 Å². The molecule has 19 heavy (non-hydrogen) atoms. The Labute approximate surface area is 116 Å². The first kappa shape index (κ1) is 14.8. The topological polar surface area (TPSA) is 54.5 Å². The minimum Gasteiger partial charge on any atom is -0.336 e. The maximum atomic E-state index is 12.4. The van der Waals surface area contributed by atoms with E-state index in [-0.39, 0.29) is 17.7 Å². The Hall–Kier alpha value is -0.580. The predicted octanol–water partition coefficient (Wildman–Crippen LogP) is 1.99. The van der Waals surface area contributed by atoms with E-state index in [9.17, 15) is 13.2 Å². The van der Waals surface area contributed by atoms with E-state index in [1.807, 2.05) is 11.8 Å². The van der Waals surface area contributed by atoms with Crippen LogP contribution in [0.5, 0.6) is 0 Å². The lowest BCUT2D eigenvalue weighted by Crippen LogP contribution is -2.44. The maximum Gasteiger partial charge on any atom is 0.223 e. The van der Waals surface area contributed by atoms with Crippen molar-refractivity contribution in [3.8, 4) is 0 Å². The van der Waals surface area contributed by atoms with Gasteiger partial charge in [0.15, 0.2) is 0 Å². The lowest BCUT2D eigenvalue weighted by atomic mass is 10.0. The van der Waals surface area contributed by atoms with E-state index < -0.39 is 9.84 Å². The zero-order valence-electron chi connectivity index (χ0n) is 12.0. The zero-order valence-corrected chi connectivity index (χ0v) is 12.8. The zero-order chi connectivity index (χ0) is 14.0. The lowest BCUT2D eigenvalue weighted by molar-refractivity contribution is -0.134. The molecule has 0 aromatic carbocycles. The Morgan fingerprint density at radius 2 is 1.79 bits per heavy atom. The van der Waals surface area contributed by atoms with E-state index in [1.54, 1.807) is 0 Å². The largest absolute Gasteiger partial charge is 0.336 e. The van der Waals surface area contributed by atoms with Gasteiger partial charge in [-0.15, -0.1) is 0 Å².